The molecule has 4 rings (SSSR count). The summed E-state index contributed by atoms with van der Waals surface area (Å²) in [5, 5.41) is 7.53. The summed E-state index contributed by atoms with van der Waals surface area (Å²) >= 11 is 0. The molecule has 1 atom stereocenters. The molecule has 1 heterocycles. The van der Waals surface area contributed by atoms with Crippen LogP contribution in [0.2, 0.25) is 0 Å². The molecule has 0 unspecified atom stereocenters. The van der Waals surface area contributed by atoms with Gasteiger partial charge in [0.15, 0.2) is 5.78 Å². The normalized spacial score (nSPS) is 25.4. The molecule has 3 nitrogen and oxygen atoms in total. The molecule has 1 N–H and O–H groups in total. The van der Waals surface area contributed by atoms with Crippen LogP contribution in [0.5, 0.6) is 0 Å². The summed E-state index contributed by atoms with van der Waals surface area (Å²) in [6, 6.07) is 10.5. The van der Waals surface area contributed by atoms with Gasteiger partial charge in [-0.3, -0.25) is 9.89 Å². The van der Waals surface area contributed by atoms with Crippen LogP contribution in [-0.4, -0.2) is 16.0 Å². The van der Waals surface area contributed by atoms with Crippen LogP contribution < -0.4 is 0 Å². The van der Waals surface area contributed by atoms with Gasteiger partial charge in [-0.1, -0.05) is 56.7 Å². The van der Waals surface area contributed by atoms with Crippen molar-refractivity contribution in [1.29, 1.82) is 0 Å². The molecule has 1 aromatic heterocycles. The van der Waals surface area contributed by atoms with Crippen LogP contribution in [0.3, 0.4) is 0 Å². The number of aromatic amines is 1. The Kier molecular flexibility index (Phi) is 3.31. The highest BCUT2D eigenvalue weighted by molar-refractivity contribution is 6.01. The van der Waals surface area contributed by atoms with E-state index in [-0.39, 0.29) is 10.8 Å². The van der Waals surface area contributed by atoms with E-state index in [1.165, 1.54) is 22.4 Å². The molecule has 1 aromatic carbocycles. The van der Waals surface area contributed by atoms with Crippen molar-refractivity contribution in [2.75, 3.05) is 0 Å². The molecule has 2 aliphatic carbocycles. The number of carbonyl (C=O) groups is 1. The molecule has 2 aliphatic rings. The van der Waals surface area contributed by atoms with E-state index in [9.17, 15) is 4.79 Å². The Morgan fingerprint density at radius 2 is 1.92 bits per heavy atom. The van der Waals surface area contributed by atoms with E-state index in [2.05, 4.69) is 55.2 Å². The number of hydrogen-bond acceptors (Lipinski definition) is 2. The summed E-state index contributed by atoms with van der Waals surface area (Å²) in [6.45, 7) is 6.59. The minimum Gasteiger partial charge on any atom is -0.294 e. The third-order valence-electron chi connectivity index (χ3n) is 5.76. The smallest absolute Gasteiger partial charge is 0.160 e. The first-order chi connectivity index (χ1) is 11.5. The van der Waals surface area contributed by atoms with Crippen molar-refractivity contribution in [3.63, 3.8) is 0 Å². The largest absolute Gasteiger partial charge is 0.294 e. The van der Waals surface area contributed by atoms with Crippen molar-refractivity contribution >= 4 is 5.78 Å². The molecule has 124 valence electrons. The molecule has 0 radical (unpaired) electrons. The SMILES string of the molecule is CC[C@]1(c2ccccc2)C2=C(Cc3[nH]ncc31)CC(C)(C)CC2=O. The zero-order valence-corrected chi connectivity index (χ0v) is 14.6. The predicted octanol–water partition coefficient (Wildman–Crippen LogP) is 4.35. The molecule has 0 saturated carbocycles. The third kappa shape index (κ3) is 2.03. The van der Waals surface area contributed by atoms with Crippen molar-refractivity contribution < 1.29 is 4.79 Å². The summed E-state index contributed by atoms with van der Waals surface area (Å²) in [6.07, 6.45) is 5.25. The van der Waals surface area contributed by atoms with Crippen LogP contribution in [0.25, 0.3) is 0 Å². The minimum absolute atomic E-state index is 0.0452. The van der Waals surface area contributed by atoms with E-state index < -0.39 is 0 Å². The van der Waals surface area contributed by atoms with Gasteiger partial charge in [0, 0.05) is 29.7 Å². The van der Waals surface area contributed by atoms with Crippen LogP contribution in [0.15, 0.2) is 47.7 Å². The lowest BCUT2D eigenvalue weighted by Gasteiger charge is -2.45. The molecular formula is C21H24N2O. The number of ketones is 1. The molecule has 0 aliphatic heterocycles. The van der Waals surface area contributed by atoms with E-state index in [4.69, 9.17) is 0 Å². The highest BCUT2D eigenvalue weighted by Crippen LogP contribution is 2.53. The molecule has 0 amide bonds. The second kappa shape index (κ2) is 5.17. The van der Waals surface area contributed by atoms with Gasteiger partial charge in [0.2, 0.25) is 0 Å². The van der Waals surface area contributed by atoms with Gasteiger partial charge in [-0.2, -0.15) is 5.10 Å². The number of nitrogens with zero attached hydrogens (tertiary/aromatic N) is 1. The van der Waals surface area contributed by atoms with Crippen LogP contribution in [0, 0.1) is 5.41 Å². The van der Waals surface area contributed by atoms with Crippen molar-refractivity contribution in [3.05, 3.63) is 64.5 Å². The summed E-state index contributed by atoms with van der Waals surface area (Å²) in [4.78, 5) is 13.2. The van der Waals surface area contributed by atoms with Crippen LogP contribution in [-0.2, 0) is 16.6 Å². The Hall–Kier alpha value is -2.16. The van der Waals surface area contributed by atoms with Gasteiger partial charge in [0.1, 0.15) is 0 Å². The molecule has 24 heavy (non-hydrogen) atoms. The highest BCUT2D eigenvalue weighted by atomic mass is 16.1. The first-order valence-electron chi connectivity index (χ1n) is 8.82. The Morgan fingerprint density at radius 1 is 1.17 bits per heavy atom. The standard InChI is InChI=1S/C21H24N2O/c1-4-21(15-8-6-5-7-9-15)16-13-22-23-17(16)10-14-11-20(2,3)12-18(24)19(14)21/h5-9,13H,4,10-12H2,1-3H3,(H,22,23)/t21-/m1/s1. The molecule has 0 fully saturated rings. The second-order valence-electron chi connectivity index (χ2n) is 7.98. The van der Waals surface area contributed by atoms with Crippen LogP contribution in [0.1, 0.15) is 56.9 Å². The van der Waals surface area contributed by atoms with Gasteiger partial charge < -0.3 is 0 Å². The van der Waals surface area contributed by atoms with Gasteiger partial charge in [0.25, 0.3) is 0 Å². The van der Waals surface area contributed by atoms with Gasteiger partial charge in [-0.15, -0.1) is 0 Å². The Labute approximate surface area is 143 Å². The van der Waals surface area contributed by atoms with Gasteiger partial charge in [-0.25, -0.2) is 0 Å². The van der Waals surface area contributed by atoms with E-state index in [1.54, 1.807) is 0 Å². The van der Waals surface area contributed by atoms with E-state index >= 15 is 0 Å². The third-order valence-corrected chi connectivity index (χ3v) is 5.76. The van der Waals surface area contributed by atoms with Gasteiger partial charge in [-0.05, 0) is 23.8 Å². The van der Waals surface area contributed by atoms with Crippen molar-refractivity contribution in [2.45, 2.75) is 51.9 Å². The monoisotopic (exact) mass is 320 g/mol. The fourth-order valence-electron chi connectivity index (χ4n) is 4.90. The fraction of sp³-hybridized carbons (Fsp3) is 0.429. The maximum Gasteiger partial charge on any atom is 0.160 e. The average Bonchev–Trinajstić information content (AvgIpc) is 3.01. The van der Waals surface area contributed by atoms with E-state index in [1.807, 2.05) is 12.3 Å². The van der Waals surface area contributed by atoms with Gasteiger partial charge >= 0.3 is 0 Å². The van der Waals surface area contributed by atoms with Crippen molar-refractivity contribution in [2.24, 2.45) is 5.41 Å². The Bertz CT molecular complexity index is 829. The highest BCUT2D eigenvalue weighted by Gasteiger charge is 2.49. The number of rotatable bonds is 2. The van der Waals surface area contributed by atoms with Crippen LogP contribution >= 0.6 is 0 Å². The van der Waals surface area contributed by atoms with E-state index in [0.29, 0.717) is 12.2 Å². The summed E-state index contributed by atoms with van der Waals surface area (Å²) in [5.74, 6) is 0.318. The molecular weight excluding hydrogens is 296 g/mol. The first kappa shape index (κ1) is 15.4. The lowest BCUT2D eigenvalue weighted by molar-refractivity contribution is -0.118. The number of hydrogen-bond donors (Lipinski definition) is 1. The molecule has 2 aromatic rings. The number of fused-ring (bicyclic) bond motifs is 1. The summed E-state index contributed by atoms with van der Waals surface area (Å²) < 4.78 is 0. The minimum atomic E-state index is -0.356. The Morgan fingerprint density at radius 3 is 2.62 bits per heavy atom. The van der Waals surface area contributed by atoms with Crippen LogP contribution in [0.4, 0.5) is 0 Å². The molecule has 0 spiro atoms. The van der Waals surface area contributed by atoms with E-state index in [0.717, 1.165) is 24.8 Å². The maximum atomic E-state index is 13.2. The molecule has 0 saturated heterocycles. The lowest BCUT2D eigenvalue weighted by Crippen LogP contribution is -2.42. The van der Waals surface area contributed by atoms with Gasteiger partial charge in [0.05, 0.1) is 11.6 Å². The molecule has 0 bridgehead atoms. The number of aromatic nitrogens is 2. The average molecular weight is 320 g/mol. The maximum absolute atomic E-state index is 13.2. The Balaban J connectivity index is 2.03. The summed E-state index contributed by atoms with van der Waals surface area (Å²) in [5.41, 5.74) is 5.60. The predicted molar refractivity (Wildman–Crippen MR) is 94.9 cm³/mol. The first-order valence-corrected chi connectivity index (χ1v) is 8.82. The summed E-state index contributed by atoms with van der Waals surface area (Å²) in [7, 11) is 0. The quantitative estimate of drug-likeness (QED) is 0.894. The number of benzene rings is 1. The lowest BCUT2D eigenvalue weighted by atomic mass is 9.57. The number of nitrogens with one attached hydrogen (secondary N) is 1. The topological polar surface area (TPSA) is 45.8 Å². The number of allylic oxidation sites excluding steroid dienone is 2. The zero-order chi connectivity index (χ0) is 16.9. The van der Waals surface area contributed by atoms with Crippen molar-refractivity contribution in [1.82, 2.24) is 10.2 Å². The van der Waals surface area contributed by atoms with Crippen molar-refractivity contribution in [3.8, 4) is 0 Å². The number of Topliss-reactive ketones (excluding diaryl/α,β-unsaturated/α-hetero) is 1. The second-order valence-corrected chi connectivity index (χ2v) is 7.98. The molecule has 3 heteroatoms. The fourth-order valence-corrected chi connectivity index (χ4v) is 4.90. The zero-order valence-electron chi connectivity index (χ0n) is 14.6. The number of H-pyrrole nitrogens is 1. The number of carbonyl (C=O) groups excluding carboxylic acids is 1.